The van der Waals surface area contributed by atoms with Gasteiger partial charge >= 0.3 is 6.03 Å². The molecule has 1 N–H and O–H groups in total. The van der Waals surface area contributed by atoms with Crippen molar-refractivity contribution < 1.29 is 9.21 Å². The van der Waals surface area contributed by atoms with Crippen LogP contribution in [-0.2, 0) is 6.54 Å². The molecule has 1 saturated heterocycles. The Bertz CT molecular complexity index is 958. The number of nitrogens with zero attached hydrogens (tertiary/aromatic N) is 3. The number of anilines is 1. The van der Waals surface area contributed by atoms with Crippen LogP contribution in [0.2, 0.25) is 0 Å². The summed E-state index contributed by atoms with van der Waals surface area (Å²) >= 11 is 0. The molecule has 4 rings (SSSR count). The zero-order valence-corrected chi connectivity index (χ0v) is 15.7. The van der Waals surface area contributed by atoms with Crippen molar-refractivity contribution in [1.29, 1.82) is 0 Å². The van der Waals surface area contributed by atoms with E-state index in [0.29, 0.717) is 19.6 Å². The zero-order chi connectivity index (χ0) is 18.8. The maximum Gasteiger partial charge on any atom is 0.321 e. The fraction of sp³-hybridized carbons (Fsp3) is 0.333. The van der Waals surface area contributed by atoms with Crippen molar-refractivity contribution in [3.63, 3.8) is 0 Å². The van der Waals surface area contributed by atoms with Gasteiger partial charge < -0.3 is 14.6 Å². The van der Waals surface area contributed by atoms with Crippen molar-refractivity contribution in [2.45, 2.75) is 20.4 Å². The molecule has 1 aliphatic rings. The van der Waals surface area contributed by atoms with Gasteiger partial charge in [0.15, 0.2) is 5.58 Å². The molecule has 0 radical (unpaired) electrons. The molecule has 1 aliphatic heterocycles. The Morgan fingerprint density at radius 3 is 2.67 bits per heavy atom. The van der Waals surface area contributed by atoms with Gasteiger partial charge in [0.2, 0.25) is 5.89 Å². The van der Waals surface area contributed by atoms with E-state index in [9.17, 15) is 4.79 Å². The number of nitrogens with one attached hydrogen (secondary N) is 1. The molecule has 6 nitrogen and oxygen atoms in total. The standard InChI is InChI=1S/C21H24N4O2/c1-15-7-8-18-19(13-15)27-20(22-18)14-24-9-11-25(12-10-24)21(26)23-17-6-4-3-5-16(17)2/h3-8,13H,9-12,14H2,1-2H3,(H,23,26). The molecule has 0 bridgehead atoms. The molecule has 1 fully saturated rings. The fourth-order valence-corrected chi connectivity index (χ4v) is 3.35. The van der Waals surface area contributed by atoms with Crippen LogP contribution in [0.5, 0.6) is 0 Å². The van der Waals surface area contributed by atoms with E-state index in [1.807, 2.05) is 61.2 Å². The SMILES string of the molecule is Cc1ccc2nc(CN3CCN(C(=O)Nc4ccccc4C)CC3)oc2c1. The number of para-hydroxylation sites is 1. The lowest BCUT2D eigenvalue weighted by Crippen LogP contribution is -2.49. The summed E-state index contributed by atoms with van der Waals surface area (Å²) in [7, 11) is 0. The highest BCUT2D eigenvalue weighted by Gasteiger charge is 2.22. The number of amides is 2. The minimum atomic E-state index is -0.0405. The normalized spacial score (nSPS) is 15.3. The first-order valence-electron chi connectivity index (χ1n) is 9.28. The Hall–Kier alpha value is -2.86. The number of hydrogen-bond donors (Lipinski definition) is 1. The van der Waals surface area contributed by atoms with Gasteiger partial charge in [0.25, 0.3) is 0 Å². The van der Waals surface area contributed by atoms with E-state index in [2.05, 4.69) is 15.2 Å². The summed E-state index contributed by atoms with van der Waals surface area (Å²) in [4.78, 5) is 21.2. The van der Waals surface area contributed by atoms with Gasteiger partial charge in [0.1, 0.15) is 5.52 Å². The molecular weight excluding hydrogens is 340 g/mol. The van der Waals surface area contributed by atoms with Crippen molar-refractivity contribution in [1.82, 2.24) is 14.8 Å². The number of fused-ring (bicyclic) bond motifs is 1. The lowest BCUT2D eigenvalue weighted by atomic mass is 10.2. The second-order valence-corrected chi connectivity index (χ2v) is 7.09. The molecule has 2 heterocycles. The molecule has 1 aromatic heterocycles. The summed E-state index contributed by atoms with van der Waals surface area (Å²) in [6.07, 6.45) is 0. The Morgan fingerprint density at radius 1 is 1.11 bits per heavy atom. The van der Waals surface area contributed by atoms with Crippen molar-refractivity contribution in [3.8, 4) is 0 Å². The number of piperazine rings is 1. The second-order valence-electron chi connectivity index (χ2n) is 7.09. The molecule has 6 heteroatoms. The minimum Gasteiger partial charge on any atom is -0.439 e. The number of rotatable bonds is 3. The summed E-state index contributed by atoms with van der Waals surface area (Å²) in [5.74, 6) is 0.730. The highest BCUT2D eigenvalue weighted by Crippen LogP contribution is 2.19. The molecule has 2 aromatic carbocycles. The number of carbonyl (C=O) groups excluding carboxylic acids is 1. The van der Waals surface area contributed by atoms with Crippen LogP contribution in [0.25, 0.3) is 11.1 Å². The smallest absolute Gasteiger partial charge is 0.321 e. The van der Waals surface area contributed by atoms with Gasteiger partial charge in [0.05, 0.1) is 6.54 Å². The van der Waals surface area contributed by atoms with E-state index in [1.165, 1.54) is 5.56 Å². The van der Waals surface area contributed by atoms with E-state index in [1.54, 1.807) is 0 Å². The highest BCUT2D eigenvalue weighted by molar-refractivity contribution is 5.90. The molecule has 3 aromatic rings. The van der Waals surface area contributed by atoms with Crippen LogP contribution in [0, 0.1) is 13.8 Å². The van der Waals surface area contributed by atoms with Crippen LogP contribution in [0.4, 0.5) is 10.5 Å². The van der Waals surface area contributed by atoms with Crippen LogP contribution in [0.1, 0.15) is 17.0 Å². The first-order chi connectivity index (χ1) is 13.1. The van der Waals surface area contributed by atoms with Crippen LogP contribution in [0.3, 0.4) is 0 Å². The Labute approximate surface area is 158 Å². The van der Waals surface area contributed by atoms with Crippen LogP contribution < -0.4 is 5.32 Å². The van der Waals surface area contributed by atoms with E-state index in [-0.39, 0.29) is 6.03 Å². The van der Waals surface area contributed by atoms with Gasteiger partial charge in [-0.25, -0.2) is 9.78 Å². The molecule has 0 aliphatic carbocycles. The number of carbonyl (C=O) groups is 1. The van der Waals surface area contributed by atoms with Crippen molar-refractivity contribution in [3.05, 3.63) is 59.5 Å². The maximum atomic E-state index is 12.5. The minimum absolute atomic E-state index is 0.0405. The van der Waals surface area contributed by atoms with Gasteiger partial charge in [-0.05, 0) is 43.2 Å². The summed E-state index contributed by atoms with van der Waals surface area (Å²) < 4.78 is 5.87. The van der Waals surface area contributed by atoms with Crippen molar-refractivity contribution in [2.75, 3.05) is 31.5 Å². The summed E-state index contributed by atoms with van der Waals surface area (Å²) in [5, 5.41) is 3.01. The predicted octanol–water partition coefficient (Wildman–Crippen LogP) is 3.79. The molecule has 0 spiro atoms. The Balaban J connectivity index is 1.33. The third-order valence-electron chi connectivity index (χ3n) is 4.99. The van der Waals surface area contributed by atoms with Gasteiger partial charge in [-0.2, -0.15) is 0 Å². The number of aromatic nitrogens is 1. The number of oxazole rings is 1. The van der Waals surface area contributed by atoms with Crippen LogP contribution >= 0.6 is 0 Å². The maximum absolute atomic E-state index is 12.5. The lowest BCUT2D eigenvalue weighted by Gasteiger charge is -2.34. The number of urea groups is 1. The van der Waals surface area contributed by atoms with Crippen molar-refractivity contribution >= 4 is 22.8 Å². The monoisotopic (exact) mass is 364 g/mol. The first-order valence-corrected chi connectivity index (χ1v) is 9.28. The molecule has 27 heavy (non-hydrogen) atoms. The third kappa shape index (κ3) is 3.95. The number of benzene rings is 2. The average Bonchev–Trinajstić information content (AvgIpc) is 3.05. The van der Waals surface area contributed by atoms with E-state index >= 15 is 0 Å². The second kappa shape index (κ2) is 7.40. The van der Waals surface area contributed by atoms with E-state index < -0.39 is 0 Å². The summed E-state index contributed by atoms with van der Waals surface area (Å²) in [5.41, 5.74) is 4.83. The largest absolute Gasteiger partial charge is 0.439 e. The van der Waals surface area contributed by atoms with E-state index in [4.69, 9.17) is 4.42 Å². The average molecular weight is 364 g/mol. The fourth-order valence-electron chi connectivity index (χ4n) is 3.35. The van der Waals surface area contributed by atoms with Gasteiger partial charge in [-0.1, -0.05) is 24.3 Å². The molecule has 2 amide bonds. The summed E-state index contributed by atoms with van der Waals surface area (Å²) in [6, 6.07) is 13.8. The van der Waals surface area contributed by atoms with Crippen LogP contribution in [0.15, 0.2) is 46.9 Å². The zero-order valence-electron chi connectivity index (χ0n) is 15.7. The number of aryl methyl sites for hydroxylation is 2. The highest BCUT2D eigenvalue weighted by atomic mass is 16.3. The predicted molar refractivity (Wildman–Crippen MR) is 106 cm³/mol. The number of hydrogen-bond acceptors (Lipinski definition) is 4. The topological polar surface area (TPSA) is 61.6 Å². The van der Waals surface area contributed by atoms with Gasteiger partial charge in [-0.3, -0.25) is 4.90 Å². The Morgan fingerprint density at radius 2 is 1.89 bits per heavy atom. The quantitative estimate of drug-likeness (QED) is 0.768. The molecule has 0 atom stereocenters. The molecule has 140 valence electrons. The lowest BCUT2D eigenvalue weighted by molar-refractivity contribution is 0.136. The third-order valence-corrected chi connectivity index (χ3v) is 4.99. The van der Waals surface area contributed by atoms with E-state index in [0.717, 1.165) is 41.3 Å². The molecule has 0 saturated carbocycles. The molecule has 0 unspecified atom stereocenters. The molecular formula is C21H24N4O2. The van der Waals surface area contributed by atoms with Crippen LogP contribution in [-0.4, -0.2) is 47.0 Å². The Kier molecular flexibility index (Phi) is 4.81. The van der Waals surface area contributed by atoms with Crippen molar-refractivity contribution in [2.24, 2.45) is 0 Å². The first kappa shape index (κ1) is 17.5. The van der Waals surface area contributed by atoms with Gasteiger partial charge in [-0.15, -0.1) is 0 Å². The van der Waals surface area contributed by atoms with Gasteiger partial charge in [0, 0.05) is 31.9 Å². The summed E-state index contributed by atoms with van der Waals surface area (Å²) in [6.45, 7) is 7.70.